The van der Waals surface area contributed by atoms with Gasteiger partial charge in [-0.25, -0.2) is 4.79 Å². The fourth-order valence-electron chi connectivity index (χ4n) is 2.48. The quantitative estimate of drug-likeness (QED) is 0.742. The Morgan fingerprint density at radius 3 is 2.52 bits per heavy atom. The Hall–Kier alpha value is -2.53. The zero-order valence-electron chi connectivity index (χ0n) is 13.7. The van der Waals surface area contributed by atoms with Gasteiger partial charge in [-0.3, -0.25) is 4.79 Å². The van der Waals surface area contributed by atoms with Crippen LogP contribution in [0.3, 0.4) is 0 Å². The molecule has 1 aliphatic carbocycles. The number of amides is 3. The molecular formula is C19H20ClN3O2. The lowest BCUT2D eigenvalue weighted by atomic mass is 10.1. The fourth-order valence-corrected chi connectivity index (χ4v) is 2.67. The molecule has 0 aliphatic heterocycles. The van der Waals surface area contributed by atoms with Gasteiger partial charge in [-0.1, -0.05) is 48.0 Å². The number of halogens is 1. The summed E-state index contributed by atoms with van der Waals surface area (Å²) in [5.74, 6) is -0.160. The molecule has 1 saturated carbocycles. The fraction of sp³-hybridized carbons (Fsp3) is 0.263. The summed E-state index contributed by atoms with van der Waals surface area (Å²) in [4.78, 5) is 24.8. The minimum Gasteiger partial charge on any atom is -0.352 e. The first-order chi connectivity index (χ1) is 12.1. The summed E-state index contributed by atoms with van der Waals surface area (Å²) in [7, 11) is 0. The molecule has 130 valence electrons. The van der Waals surface area contributed by atoms with Gasteiger partial charge in [0.25, 0.3) is 0 Å². The smallest absolute Gasteiger partial charge is 0.319 e. The summed E-state index contributed by atoms with van der Waals surface area (Å²) in [5.41, 5.74) is 1.56. The van der Waals surface area contributed by atoms with Gasteiger partial charge in [-0.05, 0) is 36.6 Å². The second-order valence-corrected chi connectivity index (χ2v) is 6.57. The van der Waals surface area contributed by atoms with Crippen LogP contribution in [-0.4, -0.2) is 24.0 Å². The van der Waals surface area contributed by atoms with Gasteiger partial charge in [0.1, 0.15) is 6.04 Å². The minimum absolute atomic E-state index is 0.160. The first-order valence-electron chi connectivity index (χ1n) is 8.27. The van der Waals surface area contributed by atoms with Gasteiger partial charge in [-0.15, -0.1) is 0 Å². The van der Waals surface area contributed by atoms with Crippen molar-refractivity contribution in [3.8, 4) is 0 Å². The highest BCUT2D eigenvalue weighted by Crippen LogP contribution is 2.19. The number of benzene rings is 2. The number of hydrogen-bond donors (Lipinski definition) is 3. The average molecular weight is 358 g/mol. The molecule has 1 aliphatic rings. The predicted octanol–water partition coefficient (Wildman–Crippen LogP) is 3.35. The van der Waals surface area contributed by atoms with Crippen LogP contribution in [0.2, 0.25) is 5.02 Å². The van der Waals surface area contributed by atoms with Crippen molar-refractivity contribution in [2.75, 3.05) is 5.32 Å². The van der Waals surface area contributed by atoms with E-state index in [1.54, 1.807) is 24.3 Å². The third-order valence-corrected chi connectivity index (χ3v) is 4.15. The first-order valence-corrected chi connectivity index (χ1v) is 8.65. The topological polar surface area (TPSA) is 70.2 Å². The van der Waals surface area contributed by atoms with Crippen LogP contribution in [0.25, 0.3) is 0 Å². The highest BCUT2D eigenvalue weighted by Gasteiger charge is 2.28. The maximum absolute atomic E-state index is 12.5. The van der Waals surface area contributed by atoms with Crippen LogP contribution in [0.1, 0.15) is 18.4 Å². The van der Waals surface area contributed by atoms with E-state index in [-0.39, 0.29) is 11.9 Å². The molecule has 3 N–H and O–H groups in total. The lowest BCUT2D eigenvalue weighted by Gasteiger charge is -2.19. The molecule has 2 aromatic carbocycles. The predicted molar refractivity (Wildman–Crippen MR) is 98.7 cm³/mol. The number of anilines is 1. The molecule has 0 radical (unpaired) electrons. The molecule has 1 fully saturated rings. The van der Waals surface area contributed by atoms with E-state index in [2.05, 4.69) is 16.0 Å². The summed E-state index contributed by atoms with van der Waals surface area (Å²) in [6, 6.07) is 15.7. The van der Waals surface area contributed by atoms with E-state index < -0.39 is 12.1 Å². The largest absolute Gasteiger partial charge is 0.352 e. The summed E-state index contributed by atoms with van der Waals surface area (Å²) in [6.45, 7) is 0. The van der Waals surface area contributed by atoms with Crippen molar-refractivity contribution in [1.29, 1.82) is 0 Å². The first kappa shape index (κ1) is 17.3. The minimum atomic E-state index is -0.637. The van der Waals surface area contributed by atoms with Gasteiger partial charge in [0.05, 0.1) is 0 Å². The van der Waals surface area contributed by atoms with Crippen LogP contribution in [0, 0.1) is 0 Å². The van der Waals surface area contributed by atoms with E-state index in [1.807, 2.05) is 30.3 Å². The van der Waals surface area contributed by atoms with Crippen LogP contribution in [-0.2, 0) is 11.2 Å². The van der Waals surface area contributed by atoms with Crippen molar-refractivity contribution in [3.05, 3.63) is 65.2 Å². The van der Waals surface area contributed by atoms with Gasteiger partial charge in [0.15, 0.2) is 0 Å². The molecule has 0 aromatic heterocycles. The van der Waals surface area contributed by atoms with Crippen LogP contribution >= 0.6 is 11.6 Å². The number of rotatable bonds is 6. The molecule has 3 amide bonds. The van der Waals surface area contributed by atoms with Gasteiger partial charge in [0.2, 0.25) is 5.91 Å². The van der Waals surface area contributed by atoms with Crippen LogP contribution in [0.5, 0.6) is 0 Å². The molecule has 0 heterocycles. The molecule has 0 unspecified atom stereocenters. The number of carbonyl (C=O) groups is 2. The van der Waals surface area contributed by atoms with Crippen molar-refractivity contribution in [1.82, 2.24) is 10.6 Å². The van der Waals surface area contributed by atoms with Crippen LogP contribution in [0.15, 0.2) is 54.6 Å². The van der Waals surface area contributed by atoms with Crippen molar-refractivity contribution in [3.63, 3.8) is 0 Å². The number of hydrogen-bond acceptors (Lipinski definition) is 2. The van der Waals surface area contributed by atoms with Crippen LogP contribution in [0.4, 0.5) is 10.5 Å². The third-order valence-electron chi connectivity index (χ3n) is 3.91. The van der Waals surface area contributed by atoms with Gasteiger partial charge in [-0.2, -0.15) is 0 Å². The standard InChI is InChI=1S/C19H20ClN3O2/c20-14-7-4-8-16(12-14)22-19(25)23-17(18(24)21-15-9-10-15)11-13-5-2-1-3-6-13/h1-8,12,15,17H,9-11H2,(H,21,24)(H2,22,23,25)/t17-/m0/s1. The van der Waals surface area contributed by atoms with E-state index in [4.69, 9.17) is 11.6 Å². The Balaban J connectivity index is 1.65. The SMILES string of the molecule is O=C(Nc1cccc(Cl)c1)N[C@@H](Cc1ccccc1)C(=O)NC1CC1. The molecule has 1 atom stereocenters. The van der Waals surface area contributed by atoms with E-state index >= 15 is 0 Å². The Morgan fingerprint density at radius 1 is 1.08 bits per heavy atom. The molecule has 6 heteroatoms. The lowest BCUT2D eigenvalue weighted by molar-refractivity contribution is -0.123. The van der Waals surface area contributed by atoms with Crippen molar-refractivity contribution in [2.24, 2.45) is 0 Å². The van der Waals surface area contributed by atoms with E-state index in [1.165, 1.54) is 0 Å². The summed E-state index contributed by atoms with van der Waals surface area (Å²) in [5, 5.41) is 8.95. The summed E-state index contributed by atoms with van der Waals surface area (Å²) < 4.78 is 0. The van der Waals surface area contributed by atoms with Gasteiger partial charge >= 0.3 is 6.03 Å². The normalized spacial score (nSPS) is 14.4. The van der Waals surface area contributed by atoms with Crippen molar-refractivity contribution in [2.45, 2.75) is 31.3 Å². The molecule has 0 spiro atoms. The highest BCUT2D eigenvalue weighted by atomic mass is 35.5. The molecule has 0 bridgehead atoms. The zero-order chi connectivity index (χ0) is 17.6. The molecule has 0 saturated heterocycles. The Kier molecular flexibility index (Phi) is 5.56. The average Bonchev–Trinajstić information content (AvgIpc) is 3.39. The van der Waals surface area contributed by atoms with E-state index in [9.17, 15) is 9.59 Å². The maximum Gasteiger partial charge on any atom is 0.319 e. The number of carbonyl (C=O) groups excluding carboxylic acids is 2. The third kappa shape index (κ3) is 5.50. The van der Waals surface area contributed by atoms with Crippen LogP contribution < -0.4 is 16.0 Å². The van der Waals surface area contributed by atoms with E-state index in [0.29, 0.717) is 17.1 Å². The Bertz CT molecular complexity index is 747. The second-order valence-electron chi connectivity index (χ2n) is 6.13. The Labute approximate surface area is 151 Å². The summed E-state index contributed by atoms with van der Waals surface area (Å²) >= 11 is 5.92. The van der Waals surface area contributed by atoms with E-state index in [0.717, 1.165) is 18.4 Å². The number of nitrogens with one attached hydrogen (secondary N) is 3. The second kappa shape index (κ2) is 8.03. The lowest BCUT2D eigenvalue weighted by Crippen LogP contribution is -2.49. The van der Waals surface area contributed by atoms with Gasteiger partial charge in [0, 0.05) is 23.2 Å². The van der Waals surface area contributed by atoms with Crippen molar-refractivity contribution >= 4 is 29.2 Å². The van der Waals surface area contributed by atoms with Crippen molar-refractivity contribution < 1.29 is 9.59 Å². The van der Waals surface area contributed by atoms with Gasteiger partial charge < -0.3 is 16.0 Å². The highest BCUT2D eigenvalue weighted by molar-refractivity contribution is 6.30. The molecule has 25 heavy (non-hydrogen) atoms. The Morgan fingerprint density at radius 2 is 1.84 bits per heavy atom. The molecular weight excluding hydrogens is 338 g/mol. The maximum atomic E-state index is 12.5. The summed E-state index contributed by atoms with van der Waals surface area (Å²) in [6.07, 6.45) is 2.43. The molecule has 5 nitrogen and oxygen atoms in total. The molecule has 2 aromatic rings. The monoisotopic (exact) mass is 357 g/mol. The molecule has 3 rings (SSSR count). The zero-order valence-corrected chi connectivity index (χ0v) is 14.4. The number of urea groups is 1.